The summed E-state index contributed by atoms with van der Waals surface area (Å²) in [4.78, 5) is 32.9. The van der Waals surface area contributed by atoms with Gasteiger partial charge < -0.3 is 15.7 Å². The first-order valence-corrected chi connectivity index (χ1v) is 5.84. The fourth-order valence-corrected chi connectivity index (χ4v) is 1.32. The van der Waals surface area contributed by atoms with Crippen LogP contribution < -0.4 is 10.6 Å². The maximum Gasteiger partial charge on any atom is 0.326 e. The number of carboxylic acid groups (broad SMARTS) is 1. The summed E-state index contributed by atoms with van der Waals surface area (Å²) in [6, 6.07) is -0.911. The maximum atomic E-state index is 11.3. The maximum absolute atomic E-state index is 11.3. The van der Waals surface area contributed by atoms with Crippen molar-refractivity contribution in [1.82, 2.24) is 10.6 Å². The van der Waals surface area contributed by atoms with Gasteiger partial charge >= 0.3 is 5.97 Å². The Morgan fingerprint density at radius 3 is 2.20 bits per heavy atom. The summed E-state index contributed by atoms with van der Waals surface area (Å²) in [7, 11) is 1.82. The Morgan fingerprint density at radius 2 is 1.75 bits per heavy atom. The highest BCUT2D eigenvalue weighted by Gasteiger charge is 2.17. The lowest BCUT2D eigenvalue weighted by Gasteiger charge is -2.12. The van der Waals surface area contributed by atoms with Gasteiger partial charge in [0.1, 0.15) is 6.04 Å². The number of carboxylic acids is 1. The zero-order valence-corrected chi connectivity index (χ0v) is 10.7. The molecule has 0 saturated carbocycles. The van der Waals surface area contributed by atoms with Crippen molar-refractivity contribution in [1.29, 1.82) is 0 Å². The molecule has 0 heterocycles. The second-order valence-corrected chi connectivity index (χ2v) is 3.94. The second kappa shape index (κ2) is 13.7. The fourth-order valence-electron chi connectivity index (χ4n) is 1.32. The molecule has 1 amide bonds. The van der Waals surface area contributed by atoms with Crippen LogP contribution in [0.15, 0.2) is 12.2 Å². The highest BCUT2D eigenvalue weighted by molar-refractivity contribution is 5.97. The third kappa shape index (κ3) is 12.8. The van der Waals surface area contributed by atoms with Gasteiger partial charge in [-0.2, -0.15) is 0 Å². The van der Waals surface area contributed by atoms with E-state index in [1.165, 1.54) is 6.92 Å². The molecule has 0 saturated heterocycles. The standard InChI is InChI=1S/C12H20N2O4.2CH4/c1-9(15)6-7-11(16)14-10(12(17)18)5-3-4-8-13-2;;/h6-7,10,13H,3-5,8H2,1-2H3,(H,14,16)(H,17,18);2*1H4/b7-6+;;/t10-;;/m1../s1. The summed E-state index contributed by atoms with van der Waals surface area (Å²) in [5.41, 5.74) is 0. The Hall–Kier alpha value is -1.69. The van der Waals surface area contributed by atoms with E-state index < -0.39 is 17.9 Å². The van der Waals surface area contributed by atoms with E-state index >= 15 is 0 Å². The van der Waals surface area contributed by atoms with Crippen LogP contribution in [0.2, 0.25) is 0 Å². The molecule has 0 rings (SSSR count). The molecule has 20 heavy (non-hydrogen) atoms. The van der Waals surface area contributed by atoms with Gasteiger partial charge in [0.15, 0.2) is 5.78 Å². The minimum absolute atomic E-state index is 0. The zero-order chi connectivity index (χ0) is 14.0. The van der Waals surface area contributed by atoms with Crippen molar-refractivity contribution in [3.8, 4) is 0 Å². The number of carbonyl (C=O) groups excluding carboxylic acids is 2. The van der Waals surface area contributed by atoms with Crippen molar-refractivity contribution in [2.75, 3.05) is 13.6 Å². The molecule has 0 fully saturated rings. The van der Waals surface area contributed by atoms with E-state index in [0.29, 0.717) is 12.8 Å². The molecule has 6 heteroatoms. The van der Waals surface area contributed by atoms with Crippen LogP contribution in [-0.4, -0.2) is 42.4 Å². The molecular weight excluding hydrogens is 260 g/mol. The molecular formula is C14H28N2O4. The van der Waals surface area contributed by atoms with Crippen LogP contribution in [0.5, 0.6) is 0 Å². The van der Waals surface area contributed by atoms with Crippen LogP contribution in [0.4, 0.5) is 0 Å². The average Bonchev–Trinajstić information content (AvgIpc) is 2.30. The van der Waals surface area contributed by atoms with Gasteiger partial charge in [-0.25, -0.2) is 4.79 Å². The van der Waals surface area contributed by atoms with E-state index in [-0.39, 0.29) is 20.6 Å². The third-order valence-corrected chi connectivity index (χ3v) is 2.25. The molecule has 0 bridgehead atoms. The third-order valence-electron chi connectivity index (χ3n) is 2.25. The lowest BCUT2D eigenvalue weighted by atomic mass is 10.1. The Labute approximate surface area is 121 Å². The van der Waals surface area contributed by atoms with Crippen molar-refractivity contribution in [3.63, 3.8) is 0 Å². The van der Waals surface area contributed by atoms with Crippen LogP contribution in [0.1, 0.15) is 41.0 Å². The molecule has 0 aromatic heterocycles. The minimum atomic E-state index is -1.07. The first kappa shape index (κ1) is 23.4. The summed E-state index contributed by atoms with van der Waals surface area (Å²) in [6.45, 7) is 2.13. The van der Waals surface area contributed by atoms with Crippen LogP contribution in [0.25, 0.3) is 0 Å². The van der Waals surface area contributed by atoms with Crippen molar-refractivity contribution < 1.29 is 19.5 Å². The molecule has 3 N–H and O–H groups in total. The van der Waals surface area contributed by atoms with E-state index in [1.807, 2.05) is 7.05 Å². The van der Waals surface area contributed by atoms with Gasteiger partial charge in [0, 0.05) is 6.08 Å². The number of aliphatic carboxylic acids is 1. The predicted octanol–water partition coefficient (Wildman–Crippen LogP) is 1.36. The van der Waals surface area contributed by atoms with Gasteiger partial charge in [-0.05, 0) is 45.9 Å². The van der Waals surface area contributed by atoms with E-state index in [4.69, 9.17) is 5.11 Å². The summed E-state index contributed by atoms with van der Waals surface area (Å²) >= 11 is 0. The Morgan fingerprint density at radius 1 is 1.15 bits per heavy atom. The van der Waals surface area contributed by atoms with Crippen molar-refractivity contribution in [2.24, 2.45) is 0 Å². The number of hydrogen-bond acceptors (Lipinski definition) is 4. The summed E-state index contributed by atoms with van der Waals surface area (Å²) in [5, 5.41) is 14.2. The molecule has 0 aliphatic carbocycles. The number of amides is 1. The number of ketones is 1. The lowest BCUT2D eigenvalue weighted by Crippen LogP contribution is -2.40. The minimum Gasteiger partial charge on any atom is -0.480 e. The van der Waals surface area contributed by atoms with Crippen LogP contribution in [0, 0.1) is 0 Å². The normalized spacial score (nSPS) is 11.1. The summed E-state index contributed by atoms with van der Waals surface area (Å²) in [6.07, 6.45) is 4.08. The number of unbranched alkanes of at least 4 members (excludes halogenated alkanes) is 1. The highest BCUT2D eigenvalue weighted by Crippen LogP contribution is 2.01. The quantitative estimate of drug-likeness (QED) is 0.440. The van der Waals surface area contributed by atoms with Crippen molar-refractivity contribution >= 4 is 17.7 Å². The SMILES string of the molecule is C.C.CNCCCC[C@@H](NC(=O)/C=C/C(C)=O)C(=O)O. The number of nitrogens with one attached hydrogen (secondary N) is 2. The van der Waals surface area contributed by atoms with Gasteiger partial charge in [-0.15, -0.1) is 0 Å². The second-order valence-electron chi connectivity index (χ2n) is 3.94. The molecule has 0 aromatic rings. The molecule has 0 aliphatic heterocycles. The first-order valence-electron chi connectivity index (χ1n) is 5.84. The number of allylic oxidation sites excluding steroid dienone is 1. The molecule has 118 valence electrons. The van der Waals surface area contributed by atoms with Gasteiger partial charge in [0.2, 0.25) is 5.91 Å². The van der Waals surface area contributed by atoms with Crippen LogP contribution in [0.3, 0.4) is 0 Å². The Kier molecular flexibility index (Phi) is 16.1. The monoisotopic (exact) mass is 288 g/mol. The Bertz CT molecular complexity index is 327. The predicted molar refractivity (Wildman–Crippen MR) is 80.6 cm³/mol. The lowest BCUT2D eigenvalue weighted by molar-refractivity contribution is -0.141. The molecule has 0 aromatic carbocycles. The topological polar surface area (TPSA) is 95.5 Å². The zero-order valence-electron chi connectivity index (χ0n) is 10.7. The smallest absolute Gasteiger partial charge is 0.326 e. The summed E-state index contributed by atoms with van der Waals surface area (Å²) in [5.74, 6) is -1.89. The van der Waals surface area contributed by atoms with Crippen LogP contribution >= 0.6 is 0 Å². The van der Waals surface area contributed by atoms with Gasteiger partial charge in [-0.3, -0.25) is 9.59 Å². The van der Waals surface area contributed by atoms with E-state index in [2.05, 4.69) is 10.6 Å². The van der Waals surface area contributed by atoms with Crippen molar-refractivity contribution in [2.45, 2.75) is 47.1 Å². The number of rotatable bonds is 9. The molecule has 0 radical (unpaired) electrons. The molecule has 0 spiro atoms. The van der Waals surface area contributed by atoms with Gasteiger partial charge in [0.25, 0.3) is 0 Å². The largest absolute Gasteiger partial charge is 0.480 e. The molecule has 0 aliphatic rings. The molecule has 1 atom stereocenters. The Balaban J connectivity index is -0.00000144. The summed E-state index contributed by atoms with van der Waals surface area (Å²) < 4.78 is 0. The van der Waals surface area contributed by atoms with E-state index in [0.717, 1.165) is 25.1 Å². The van der Waals surface area contributed by atoms with Gasteiger partial charge in [0.05, 0.1) is 0 Å². The molecule has 6 nitrogen and oxygen atoms in total. The van der Waals surface area contributed by atoms with Crippen LogP contribution in [-0.2, 0) is 14.4 Å². The van der Waals surface area contributed by atoms with E-state index in [1.54, 1.807) is 0 Å². The molecule has 0 unspecified atom stereocenters. The highest BCUT2D eigenvalue weighted by atomic mass is 16.4. The fraction of sp³-hybridized carbons (Fsp3) is 0.643. The number of hydrogen-bond donors (Lipinski definition) is 3. The average molecular weight is 288 g/mol. The first-order chi connectivity index (χ1) is 8.47. The van der Waals surface area contributed by atoms with Crippen molar-refractivity contribution in [3.05, 3.63) is 12.2 Å². The van der Waals surface area contributed by atoms with E-state index in [9.17, 15) is 14.4 Å². The number of carbonyl (C=O) groups is 3. The van der Waals surface area contributed by atoms with Gasteiger partial charge in [-0.1, -0.05) is 14.9 Å².